The number of hydrogen-bond acceptors (Lipinski definition) is 2. The predicted octanol–water partition coefficient (Wildman–Crippen LogP) is 5.59. The number of amides is 1. The fraction of sp³-hybridized carbons (Fsp3) is 0.167. The highest BCUT2D eigenvalue weighted by molar-refractivity contribution is 6.31. The van der Waals surface area contributed by atoms with Gasteiger partial charge in [0.15, 0.2) is 0 Å². The Morgan fingerprint density at radius 1 is 1.07 bits per heavy atom. The summed E-state index contributed by atoms with van der Waals surface area (Å²) in [5.74, 6) is -1.10. The minimum Gasteiger partial charge on any atom is -0.406 e. The number of nitrogens with one attached hydrogen (secondary N) is 1. The van der Waals surface area contributed by atoms with Crippen LogP contribution in [0.2, 0.25) is 5.02 Å². The van der Waals surface area contributed by atoms with Gasteiger partial charge in [-0.05, 0) is 41.5 Å². The van der Waals surface area contributed by atoms with Crippen LogP contribution in [0.3, 0.4) is 0 Å². The zero-order chi connectivity index (χ0) is 20.9. The van der Waals surface area contributed by atoms with Crippen molar-refractivity contribution in [1.82, 2.24) is 5.32 Å². The molecule has 0 saturated carbocycles. The lowest BCUT2D eigenvalue weighted by Gasteiger charge is -2.11. The van der Waals surface area contributed by atoms with Crippen molar-refractivity contribution >= 4 is 23.6 Å². The number of benzene rings is 2. The predicted molar refractivity (Wildman–Crippen MR) is 90.5 cm³/mol. The van der Waals surface area contributed by atoms with Crippen molar-refractivity contribution in [1.29, 1.82) is 0 Å². The largest absolute Gasteiger partial charge is 0.573 e. The summed E-state index contributed by atoms with van der Waals surface area (Å²) in [5, 5.41) is 1.92. The van der Waals surface area contributed by atoms with Crippen molar-refractivity contribution in [3.05, 3.63) is 70.3 Å². The first-order chi connectivity index (χ1) is 12.9. The zero-order valence-corrected chi connectivity index (χ0v) is 14.6. The van der Waals surface area contributed by atoms with Gasteiger partial charge in [-0.25, -0.2) is 0 Å². The van der Waals surface area contributed by atoms with Crippen LogP contribution in [0.4, 0.5) is 26.3 Å². The number of carbonyl (C=O) groups excluding carboxylic acids is 1. The molecule has 150 valence electrons. The summed E-state index contributed by atoms with van der Waals surface area (Å²) in [5.41, 5.74) is -0.570. The van der Waals surface area contributed by atoms with Gasteiger partial charge in [-0.15, -0.1) is 13.2 Å². The molecule has 0 atom stereocenters. The minimum absolute atomic E-state index is 0.180. The fourth-order valence-electron chi connectivity index (χ4n) is 2.13. The molecule has 0 unspecified atom stereocenters. The molecule has 2 aromatic carbocycles. The lowest BCUT2D eigenvalue weighted by Crippen LogP contribution is -2.20. The van der Waals surface area contributed by atoms with Gasteiger partial charge in [0.2, 0.25) is 5.91 Å². The van der Waals surface area contributed by atoms with E-state index in [-0.39, 0.29) is 17.7 Å². The van der Waals surface area contributed by atoms with E-state index in [1.165, 1.54) is 24.3 Å². The summed E-state index contributed by atoms with van der Waals surface area (Å²) >= 11 is 5.51. The van der Waals surface area contributed by atoms with Crippen LogP contribution in [-0.4, -0.2) is 12.3 Å². The third-order valence-corrected chi connectivity index (χ3v) is 3.65. The number of rotatable bonds is 5. The van der Waals surface area contributed by atoms with Gasteiger partial charge < -0.3 is 10.1 Å². The lowest BCUT2D eigenvalue weighted by atomic mass is 10.1. The zero-order valence-electron chi connectivity index (χ0n) is 13.9. The van der Waals surface area contributed by atoms with Crippen LogP contribution in [0.5, 0.6) is 5.75 Å². The molecule has 0 bridgehead atoms. The number of halogens is 7. The summed E-state index contributed by atoms with van der Waals surface area (Å²) in [6.45, 7) is -0.194. The number of carbonyl (C=O) groups is 1. The standard InChI is InChI=1S/C18H12ClF6NO2/c19-15-6-4-12(9-14(15)17(20,21)22)10-26-16(27)7-5-11-2-1-3-13(8-11)28-18(23,24)25/h1-9H,10H2,(H,26,27)/b7-5+. The lowest BCUT2D eigenvalue weighted by molar-refractivity contribution is -0.274. The van der Waals surface area contributed by atoms with Crippen LogP contribution < -0.4 is 10.1 Å². The van der Waals surface area contributed by atoms with E-state index in [1.807, 2.05) is 0 Å². The molecular weight excluding hydrogens is 412 g/mol. The Morgan fingerprint density at radius 3 is 2.43 bits per heavy atom. The Hall–Kier alpha value is -2.68. The van der Waals surface area contributed by atoms with E-state index in [0.29, 0.717) is 0 Å². The van der Waals surface area contributed by atoms with E-state index in [1.54, 1.807) is 0 Å². The summed E-state index contributed by atoms with van der Waals surface area (Å²) in [6, 6.07) is 8.17. The van der Waals surface area contributed by atoms with Gasteiger partial charge in [-0.1, -0.05) is 29.8 Å². The van der Waals surface area contributed by atoms with Crippen molar-refractivity contribution in [3.63, 3.8) is 0 Å². The molecule has 0 aliphatic carbocycles. The minimum atomic E-state index is -4.84. The number of hydrogen-bond donors (Lipinski definition) is 1. The molecule has 2 aromatic rings. The second kappa shape index (κ2) is 8.55. The molecule has 0 aliphatic rings. The van der Waals surface area contributed by atoms with E-state index >= 15 is 0 Å². The molecule has 0 radical (unpaired) electrons. The van der Waals surface area contributed by atoms with Gasteiger partial charge in [0, 0.05) is 12.6 Å². The Bertz CT molecular complexity index is 877. The molecule has 2 rings (SSSR count). The monoisotopic (exact) mass is 423 g/mol. The summed E-state index contributed by atoms with van der Waals surface area (Å²) in [6.07, 6.45) is -7.19. The molecule has 0 spiro atoms. The Labute approximate surface area is 160 Å². The maximum atomic E-state index is 12.8. The summed E-state index contributed by atoms with van der Waals surface area (Å²) < 4.78 is 78.8. The quantitative estimate of drug-likeness (QED) is 0.503. The van der Waals surface area contributed by atoms with E-state index in [4.69, 9.17) is 11.6 Å². The van der Waals surface area contributed by atoms with Crippen LogP contribution in [0, 0.1) is 0 Å². The van der Waals surface area contributed by atoms with Crippen molar-refractivity contribution in [2.75, 3.05) is 0 Å². The highest BCUT2D eigenvalue weighted by Crippen LogP contribution is 2.35. The third kappa shape index (κ3) is 6.80. The van der Waals surface area contributed by atoms with E-state index in [9.17, 15) is 31.1 Å². The van der Waals surface area contributed by atoms with Gasteiger partial charge in [0.05, 0.1) is 10.6 Å². The van der Waals surface area contributed by atoms with Gasteiger partial charge in [0.1, 0.15) is 5.75 Å². The van der Waals surface area contributed by atoms with Crippen LogP contribution in [-0.2, 0) is 17.5 Å². The summed E-state index contributed by atoms with van der Waals surface area (Å²) in [7, 11) is 0. The van der Waals surface area contributed by atoms with Crippen molar-refractivity contribution in [2.24, 2.45) is 0 Å². The molecule has 0 saturated heterocycles. The second-order valence-corrected chi connectivity index (χ2v) is 5.89. The van der Waals surface area contributed by atoms with E-state index in [0.717, 1.165) is 30.3 Å². The first-order valence-corrected chi connectivity index (χ1v) is 7.99. The topological polar surface area (TPSA) is 38.3 Å². The van der Waals surface area contributed by atoms with Gasteiger partial charge in [0.25, 0.3) is 0 Å². The van der Waals surface area contributed by atoms with Gasteiger partial charge in [-0.3, -0.25) is 4.79 Å². The van der Waals surface area contributed by atoms with E-state index < -0.39 is 34.8 Å². The molecular formula is C18H12ClF6NO2. The Morgan fingerprint density at radius 2 is 1.79 bits per heavy atom. The maximum Gasteiger partial charge on any atom is 0.573 e. The summed E-state index contributed by atoms with van der Waals surface area (Å²) in [4.78, 5) is 11.8. The third-order valence-electron chi connectivity index (χ3n) is 3.32. The highest BCUT2D eigenvalue weighted by Gasteiger charge is 2.33. The molecule has 1 amide bonds. The maximum absolute atomic E-state index is 12.8. The number of ether oxygens (including phenoxy) is 1. The van der Waals surface area contributed by atoms with Crippen molar-refractivity contribution < 1.29 is 35.9 Å². The van der Waals surface area contributed by atoms with Crippen molar-refractivity contribution in [3.8, 4) is 5.75 Å². The van der Waals surface area contributed by atoms with Crippen LogP contribution >= 0.6 is 11.6 Å². The normalized spacial score (nSPS) is 12.2. The molecule has 28 heavy (non-hydrogen) atoms. The SMILES string of the molecule is O=C(/C=C/c1cccc(OC(F)(F)F)c1)NCc1ccc(Cl)c(C(F)(F)F)c1. The van der Waals surface area contributed by atoms with Crippen LogP contribution in [0.15, 0.2) is 48.5 Å². The molecule has 0 fully saturated rings. The van der Waals surface area contributed by atoms with Crippen LogP contribution in [0.25, 0.3) is 6.08 Å². The van der Waals surface area contributed by atoms with E-state index in [2.05, 4.69) is 10.1 Å². The Balaban J connectivity index is 1.99. The molecule has 0 heterocycles. The first-order valence-electron chi connectivity index (χ1n) is 7.61. The molecule has 1 N–H and O–H groups in total. The molecule has 3 nitrogen and oxygen atoms in total. The first kappa shape index (κ1) is 21.6. The Kier molecular flexibility index (Phi) is 6.60. The molecule has 10 heteroatoms. The average molecular weight is 424 g/mol. The van der Waals surface area contributed by atoms with Crippen LogP contribution in [0.1, 0.15) is 16.7 Å². The van der Waals surface area contributed by atoms with Gasteiger partial charge >= 0.3 is 12.5 Å². The van der Waals surface area contributed by atoms with Gasteiger partial charge in [-0.2, -0.15) is 13.2 Å². The van der Waals surface area contributed by atoms with Crippen molar-refractivity contribution in [2.45, 2.75) is 19.1 Å². The fourth-order valence-corrected chi connectivity index (χ4v) is 2.36. The average Bonchev–Trinajstić information content (AvgIpc) is 2.57. The smallest absolute Gasteiger partial charge is 0.406 e. The molecule has 0 aromatic heterocycles. The molecule has 0 aliphatic heterocycles. The second-order valence-electron chi connectivity index (χ2n) is 5.48. The number of alkyl halides is 6. The highest BCUT2D eigenvalue weighted by atomic mass is 35.5.